The summed E-state index contributed by atoms with van der Waals surface area (Å²) in [5.74, 6) is 0. The predicted octanol–water partition coefficient (Wildman–Crippen LogP) is 6.12. The van der Waals surface area contributed by atoms with Crippen molar-refractivity contribution in [1.29, 1.82) is 0 Å². The highest BCUT2D eigenvalue weighted by atomic mass is 14.7. The third-order valence-electron chi connectivity index (χ3n) is 4.71. The summed E-state index contributed by atoms with van der Waals surface area (Å²) in [6.45, 7) is 0. The van der Waals surface area contributed by atoms with E-state index in [2.05, 4.69) is 58.5 Å². The number of nitrogens with zero attached hydrogens (tertiary/aromatic N) is 2. The van der Waals surface area contributed by atoms with Crippen LogP contribution in [0.3, 0.4) is 0 Å². The fraction of sp³-hybridized carbons (Fsp3) is 0. The Bertz CT molecular complexity index is 1150. The molecule has 0 saturated heterocycles. The molecule has 2 heteroatoms. The van der Waals surface area contributed by atoms with Gasteiger partial charge in [0.1, 0.15) is 0 Å². The van der Waals surface area contributed by atoms with Gasteiger partial charge in [-0.15, -0.1) is 0 Å². The molecule has 2 heterocycles. The summed E-state index contributed by atoms with van der Waals surface area (Å²) in [6.07, 6.45) is 3.89. The Labute approximate surface area is 151 Å². The van der Waals surface area contributed by atoms with Crippen LogP contribution in [0, 0.1) is 0 Å². The van der Waals surface area contributed by atoms with Gasteiger partial charge in [0, 0.05) is 34.3 Å². The normalized spacial score (nSPS) is 11.1. The van der Waals surface area contributed by atoms with Crippen molar-refractivity contribution in [3.8, 4) is 22.3 Å². The van der Waals surface area contributed by atoms with Crippen LogP contribution in [-0.4, -0.2) is 9.97 Å². The fourth-order valence-corrected chi connectivity index (χ4v) is 3.34. The van der Waals surface area contributed by atoms with E-state index in [1.165, 1.54) is 0 Å². The van der Waals surface area contributed by atoms with E-state index in [9.17, 15) is 0 Å². The van der Waals surface area contributed by atoms with E-state index >= 15 is 0 Å². The lowest BCUT2D eigenvalue weighted by Gasteiger charge is -2.08. The standard InChI is InChI=1S/C24H16N2/c1-3-10-23-19(6-1)13-21(15-25-23)17-8-5-9-18(12-17)22-14-20-7-2-4-11-24(20)26-16-22/h1-16H. The molecule has 5 rings (SSSR count). The van der Waals surface area contributed by atoms with Crippen LogP contribution in [0.4, 0.5) is 0 Å². The molecule has 0 amide bonds. The van der Waals surface area contributed by atoms with Crippen molar-refractivity contribution in [3.63, 3.8) is 0 Å². The van der Waals surface area contributed by atoms with Gasteiger partial charge in [-0.1, -0.05) is 54.6 Å². The molecule has 0 fully saturated rings. The van der Waals surface area contributed by atoms with E-state index in [4.69, 9.17) is 0 Å². The monoisotopic (exact) mass is 332 g/mol. The molecule has 0 bridgehead atoms. The Kier molecular flexibility index (Phi) is 3.46. The molecule has 0 atom stereocenters. The summed E-state index contributed by atoms with van der Waals surface area (Å²) in [5.41, 5.74) is 6.61. The van der Waals surface area contributed by atoms with Crippen molar-refractivity contribution in [2.75, 3.05) is 0 Å². The minimum absolute atomic E-state index is 1.02. The molecular formula is C24H16N2. The minimum atomic E-state index is 1.02. The maximum atomic E-state index is 4.59. The molecule has 0 N–H and O–H groups in total. The first-order chi connectivity index (χ1) is 12.9. The zero-order valence-electron chi connectivity index (χ0n) is 14.1. The molecule has 0 saturated carbocycles. The largest absolute Gasteiger partial charge is 0.256 e. The second-order valence-corrected chi connectivity index (χ2v) is 6.41. The third-order valence-corrected chi connectivity index (χ3v) is 4.71. The van der Waals surface area contributed by atoms with E-state index in [1.54, 1.807) is 0 Å². The van der Waals surface area contributed by atoms with Crippen LogP contribution >= 0.6 is 0 Å². The van der Waals surface area contributed by atoms with Gasteiger partial charge >= 0.3 is 0 Å². The quantitative estimate of drug-likeness (QED) is 0.389. The molecule has 3 aromatic carbocycles. The summed E-state index contributed by atoms with van der Waals surface area (Å²) < 4.78 is 0. The molecular weight excluding hydrogens is 316 g/mol. The Morgan fingerprint density at radius 3 is 1.46 bits per heavy atom. The van der Waals surface area contributed by atoms with Gasteiger partial charge in [-0.3, -0.25) is 9.97 Å². The first kappa shape index (κ1) is 14.8. The minimum Gasteiger partial charge on any atom is -0.256 e. The SMILES string of the molecule is c1cc(-c2cnc3ccccc3c2)cc(-c2cnc3ccccc3c2)c1. The first-order valence-corrected chi connectivity index (χ1v) is 8.67. The Hall–Kier alpha value is -3.52. The van der Waals surface area contributed by atoms with Crippen molar-refractivity contribution in [2.24, 2.45) is 0 Å². The van der Waals surface area contributed by atoms with E-state index in [-0.39, 0.29) is 0 Å². The highest BCUT2D eigenvalue weighted by molar-refractivity contribution is 5.86. The molecule has 2 nitrogen and oxygen atoms in total. The van der Waals surface area contributed by atoms with Crippen molar-refractivity contribution in [3.05, 3.63) is 97.3 Å². The number of para-hydroxylation sites is 2. The number of fused-ring (bicyclic) bond motifs is 2. The lowest BCUT2D eigenvalue weighted by Crippen LogP contribution is -1.86. The molecule has 0 spiro atoms. The van der Waals surface area contributed by atoms with E-state index < -0.39 is 0 Å². The van der Waals surface area contributed by atoms with Gasteiger partial charge in [0.15, 0.2) is 0 Å². The van der Waals surface area contributed by atoms with Gasteiger partial charge in [-0.2, -0.15) is 0 Å². The zero-order valence-corrected chi connectivity index (χ0v) is 14.1. The van der Waals surface area contributed by atoms with Crippen LogP contribution in [0.2, 0.25) is 0 Å². The summed E-state index contributed by atoms with van der Waals surface area (Å²) in [4.78, 5) is 9.18. The van der Waals surface area contributed by atoms with Crippen molar-refractivity contribution < 1.29 is 0 Å². The van der Waals surface area contributed by atoms with Gasteiger partial charge in [-0.05, 0) is 41.5 Å². The highest BCUT2D eigenvalue weighted by Crippen LogP contribution is 2.28. The molecule has 0 aliphatic carbocycles. The molecule has 0 aliphatic rings. The van der Waals surface area contributed by atoms with E-state index in [0.717, 1.165) is 44.1 Å². The molecule has 26 heavy (non-hydrogen) atoms. The van der Waals surface area contributed by atoms with Crippen LogP contribution in [0.5, 0.6) is 0 Å². The van der Waals surface area contributed by atoms with Gasteiger partial charge in [-0.25, -0.2) is 0 Å². The second-order valence-electron chi connectivity index (χ2n) is 6.41. The van der Waals surface area contributed by atoms with Gasteiger partial charge in [0.2, 0.25) is 0 Å². The smallest absolute Gasteiger partial charge is 0.0702 e. The molecule has 0 radical (unpaired) electrons. The van der Waals surface area contributed by atoms with E-state index in [1.807, 2.05) is 48.8 Å². The van der Waals surface area contributed by atoms with Crippen LogP contribution in [-0.2, 0) is 0 Å². The van der Waals surface area contributed by atoms with E-state index in [0.29, 0.717) is 0 Å². The number of aromatic nitrogens is 2. The molecule has 0 unspecified atom stereocenters. The summed E-state index contributed by atoms with van der Waals surface area (Å²) in [5, 5.41) is 2.31. The highest BCUT2D eigenvalue weighted by Gasteiger charge is 2.05. The Morgan fingerprint density at radius 1 is 0.423 bits per heavy atom. The lowest BCUT2D eigenvalue weighted by molar-refractivity contribution is 1.40. The Balaban J connectivity index is 1.60. The summed E-state index contributed by atoms with van der Waals surface area (Å²) in [7, 11) is 0. The number of rotatable bonds is 2. The average Bonchev–Trinajstić information content (AvgIpc) is 2.73. The number of hydrogen-bond acceptors (Lipinski definition) is 2. The topological polar surface area (TPSA) is 25.8 Å². The summed E-state index contributed by atoms with van der Waals surface area (Å²) in [6, 6.07) is 29.3. The van der Waals surface area contributed by atoms with Crippen molar-refractivity contribution >= 4 is 21.8 Å². The maximum Gasteiger partial charge on any atom is 0.0702 e. The lowest BCUT2D eigenvalue weighted by atomic mass is 9.99. The van der Waals surface area contributed by atoms with Crippen molar-refractivity contribution in [1.82, 2.24) is 9.97 Å². The molecule has 5 aromatic rings. The van der Waals surface area contributed by atoms with Gasteiger partial charge < -0.3 is 0 Å². The average molecular weight is 332 g/mol. The molecule has 122 valence electrons. The summed E-state index contributed by atoms with van der Waals surface area (Å²) >= 11 is 0. The van der Waals surface area contributed by atoms with Gasteiger partial charge in [0.05, 0.1) is 11.0 Å². The third kappa shape index (κ3) is 2.62. The van der Waals surface area contributed by atoms with Gasteiger partial charge in [0.25, 0.3) is 0 Å². The number of pyridine rings is 2. The van der Waals surface area contributed by atoms with Crippen LogP contribution in [0.15, 0.2) is 97.3 Å². The number of benzene rings is 3. The molecule has 2 aromatic heterocycles. The Morgan fingerprint density at radius 2 is 0.923 bits per heavy atom. The molecule has 0 aliphatic heterocycles. The fourth-order valence-electron chi connectivity index (χ4n) is 3.34. The maximum absolute atomic E-state index is 4.59. The number of hydrogen-bond donors (Lipinski definition) is 0. The van der Waals surface area contributed by atoms with Crippen LogP contribution < -0.4 is 0 Å². The first-order valence-electron chi connectivity index (χ1n) is 8.67. The van der Waals surface area contributed by atoms with Crippen molar-refractivity contribution in [2.45, 2.75) is 0 Å². The second kappa shape index (κ2) is 6.08. The predicted molar refractivity (Wildman–Crippen MR) is 108 cm³/mol. The zero-order chi connectivity index (χ0) is 17.3. The van der Waals surface area contributed by atoms with Crippen LogP contribution in [0.1, 0.15) is 0 Å². The van der Waals surface area contributed by atoms with Crippen LogP contribution in [0.25, 0.3) is 44.1 Å².